The Morgan fingerprint density at radius 2 is 1.95 bits per heavy atom. The van der Waals surface area contributed by atoms with E-state index in [1.165, 1.54) is 6.07 Å². The first-order valence-electron chi connectivity index (χ1n) is 6.95. The zero-order valence-corrected chi connectivity index (χ0v) is 11.7. The van der Waals surface area contributed by atoms with Crippen LogP contribution in [0.5, 0.6) is 5.75 Å². The summed E-state index contributed by atoms with van der Waals surface area (Å²) in [5.41, 5.74) is 0.673. The van der Waals surface area contributed by atoms with Crippen molar-refractivity contribution in [3.05, 3.63) is 29.8 Å². The van der Waals surface area contributed by atoms with E-state index in [2.05, 4.69) is 23.9 Å². The Morgan fingerprint density at radius 1 is 1.25 bits per heavy atom. The molecule has 1 aliphatic carbocycles. The van der Waals surface area contributed by atoms with Crippen molar-refractivity contribution in [2.24, 2.45) is 5.92 Å². The Morgan fingerprint density at radius 3 is 2.50 bits per heavy atom. The lowest BCUT2D eigenvalue weighted by Crippen LogP contribution is -2.37. The maximum Gasteiger partial charge on any atom is 0.573 e. The van der Waals surface area contributed by atoms with Gasteiger partial charge in [0.15, 0.2) is 0 Å². The number of hydrogen-bond acceptors (Lipinski definition) is 2. The van der Waals surface area contributed by atoms with Crippen LogP contribution in [-0.2, 0) is 0 Å². The summed E-state index contributed by atoms with van der Waals surface area (Å²) < 4.78 is 41.4. The molecule has 1 aromatic carbocycles. The third-order valence-corrected chi connectivity index (χ3v) is 3.75. The minimum Gasteiger partial charge on any atom is -0.405 e. The standard InChI is InChI=1S/C15H20F3NO/c1-10(2)19-9-11-7-8-12(11)13-5-3-4-6-14(13)20-15(16,17)18/h3-6,10-12,19H,7-9H2,1-2H3. The molecule has 112 valence electrons. The fourth-order valence-corrected chi connectivity index (χ4v) is 2.61. The van der Waals surface area contributed by atoms with E-state index >= 15 is 0 Å². The van der Waals surface area contributed by atoms with Crippen molar-refractivity contribution in [2.45, 2.75) is 45.0 Å². The monoisotopic (exact) mass is 287 g/mol. The van der Waals surface area contributed by atoms with Crippen molar-refractivity contribution in [1.29, 1.82) is 0 Å². The Balaban J connectivity index is 2.08. The molecule has 1 aliphatic rings. The molecule has 0 heterocycles. The third-order valence-electron chi connectivity index (χ3n) is 3.75. The van der Waals surface area contributed by atoms with E-state index in [1.807, 2.05) is 0 Å². The first-order valence-corrected chi connectivity index (χ1v) is 6.95. The van der Waals surface area contributed by atoms with Crippen molar-refractivity contribution in [3.8, 4) is 5.75 Å². The summed E-state index contributed by atoms with van der Waals surface area (Å²) in [5, 5.41) is 3.35. The van der Waals surface area contributed by atoms with E-state index in [0.717, 1.165) is 19.4 Å². The normalized spacial score (nSPS) is 22.7. The molecular formula is C15H20F3NO. The smallest absolute Gasteiger partial charge is 0.405 e. The molecule has 1 saturated carbocycles. The number of halogens is 3. The average Bonchev–Trinajstić information content (AvgIpc) is 2.28. The van der Waals surface area contributed by atoms with Gasteiger partial charge in [-0.05, 0) is 42.9 Å². The number of ether oxygens (including phenoxy) is 1. The van der Waals surface area contributed by atoms with Gasteiger partial charge in [0.1, 0.15) is 5.75 Å². The Bertz CT molecular complexity index is 445. The SMILES string of the molecule is CC(C)NCC1CCC1c1ccccc1OC(F)(F)F. The highest BCUT2D eigenvalue weighted by Crippen LogP contribution is 2.46. The summed E-state index contributed by atoms with van der Waals surface area (Å²) in [6, 6.07) is 6.87. The summed E-state index contributed by atoms with van der Waals surface area (Å²) in [7, 11) is 0. The number of alkyl halides is 3. The van der Waals surface area contributed by atoms with Gasteiger partial charge in [0.25, 0.3) is 0 Å². The van der Waals surface area contributed by atoms with Gasteiger partial charge in [0, 0.05) is 6.04 Å². The van der Waals surface area contributed by atoms with E-state index < -0.39 is 6.36 Å². The molecule has 2 unspecified atom stereocenters. The molecule has 0 spiro atoms. The molecule has 1 aromatic rings. The number of para-hydroxylation sites is 1. The summed E-state index contributed by atoms with van der Waals surface area (Å²) in [5.74, 6) is 0.481. The lowest BCUT2D eigenvalue weighted by molar-refractivity contribution is -0.275. The van der Waals surface area contributed by atoms with E-state index in [9.17, 15) is 13.2 Å². The maximum absolute atomic E-state index is 12.4. The molecule has 2 rings (SSSR count). The molecule has 2 atom stereocenters. The zero-order valence-electron chi connectivity index (χ0n) is 11.7. The second kappa shape index (κ2) is 6.04. The molecule has 0 radical (unpaired) electrons. The molecule has 0 saturated heterocycles. The van der Waals surface area contributed by atoms with E-state index in [0.29, 0.717) is 17.5 Å². The van der Waals surface area contributed by atoms with Crippen molar-refractivity contribution in [3.63, 3.8) is 0 Å². The predicted octanol–water partition coefficient (Wildman–Crippen LogP) is 4.08. The predicted molar refractivity (Wildman–Crippen MR) is 71.7 cm³/mol. The highest BCUT2D eigenvalue weighted by molar-refractivity contribution is 5.38. The molecule has 2 nitrogen and oxygen atoms in total. The Labute approximate surface area is 117 Å². The number of rotatable bonds is 5. The van der Waals surface area contributed by atoms with Gasteiger partial charge in [-0.15, -0.1) is 13.2 Å². The van der Waals surface area contributed by atoms with Gasteiger partial charge < -0.3 is 10.1 Å². The number of hydrogen-bond donors (Lipinski definition) is 1. The summed E-state index contributed by atoms with van der Waals surface area (Å²) in [6.07, 6.45) is -2.67. The Hall–Kier alpha value is -1.23. The largest absolute Gasteiger partial charge is 0.573 e. The lowest BCUT2D eigenvalue weighted by atomic mass is 9.69. The van der Waals surface area contributed by atoms with Crippen LogP contribution in [0, 0.1) is 5.92 Å². The summed E-state index contributed by atoms with van der Waals surface area (Å²) >= 11 is 0. The second-order valence-corrected chi connectivity index (χ2v) is 5.59. The van der Waals surface area contributed by atoms with Crippen LogP contribution in [0.3, 0.4) is 0 Å². The van der Waals surface area contributed by atoms with Gasteiger partial charge in [-0.2, -0.15) is 0 Å². The maximum atomic E-state index is 12.4. The van der Waals surface area contributed by atoms with Gasteiger partial charge in [-0.3, -0.25) is 0 Å². The molecule has 20 heavy (non-hydrogen) atoms. The molecule has 0 bridgehead atoms. The van der Waals surface area contributed by atoms with E-state index in [1.54, 1.807) is 18.2 Å². The van der Waals surface area contributed by atoms with Gasteiger partial charge in [0.05, 0.1) is 0 Å². The summed E-state index contributed by atoms with van der Waals surface area (Å²) in [4.78, 5) is 0. The minimum absolute atomic E-state index is 0.0563. The van der Waals surface area contributed by atoms with Crippen molar-refractivity contribution >= 4 is 0 Å². The van der Waals surface area contributed by atoms with E-state index in [4.69, 9.17) is 0 Å². The molecule has 0 aliphatic heterocycles. The van der Waals surface area contributed by atoms with Crippen molar-refractivity contribution in [2.75, 3.05) is 6.54 Å². The Kier molecular flexibility index (Phi) is 4.58. The van der Waals surface area contributed by atoms with Crippen LogP contribution in [-0.4, -0.2) is 18.9 Å². The molecule has 0 aromatic heterocycles. The zero-order chi connectivity index (χ0) is 14.8. The fraction of sp³-hybridized carbons (Fsp3) is 0.600. The number of nitrogens with one attached hydrogen (secondary N) is 1. The van der Waals surface area contributed by atoms with Crippen LogP contribution in [0.4, 0.5) is 13.2 Å². The average molecular weight is 287 g/mol. The highest BCUT2D eigenvalue weighted by Gasteiger charge is 2.37. The summed E-state index contributed by atoms with van der Waals surface area (Å²) in [6.45, 7) is 4.96. The van der Waals surface area contributed by atoms with Crippen LogP contribution >= 0.6 is 0 Å². The second-order valence-electron chi connectivity index (χ2n) is 5.59. The topological polar surface area (TPSA) is 21.3 Å². The quantitative estimate of drug-likeness (QED) is 0.881. The van der Waals surface area contributed by atoms with Crippen LogP contribution in [0.2, 0.25) is 0 Å². The van der Waals surface area contributed by atoms with Crippen LogP contribution in [0.25, 0.3) is 0 Å². The molecule has 1 fully saturated rings. The molecule has 0 amide bonds. The lowest BCUT2D eigenvalue weighted by Gasteiger charge is -2.38. The first-order chi connectivity index (χ1) is 9.37. The first kappa shape index (κ1) is 15.2. The fourth-order valence-electron chi connectivity index (χ4n) is 2.61. The van der Waals surface area contributed by atoms with Gasteiger partial charge in [-0.1, -0.05) is 32.0 Å². The van der Waals surface area contributed by atoms with Crippen LogP contribution in [0.1, 0.15) is 38.2 Å². The molecule has 5 heteroatoms. The number of benzene rings is 1. The van der Waals surface area contributed by atoms with Crippen LogP contribution < -0.4 is 10.1 Å². The molecular weight excluding hydrogens is 267 g/mol. The highest BCUT2D eigenvalue weighted by atomic mass is 19.4. The van der Waals surface area contributed by atoms with Crippen molar-refractivity contribution in [1.82, 2.24) is 5.32 Å². The van der Waals surface area contributed by atoms with Gasteiger partial charge in [0.2, 0.25) is 0 Å². The van der Waals surface area contributed by atoms with Crippen molar-refractivity contribution < 1.29 is 17.9 Å². The van der Waals surface area contributed by atoms with Gasteiger partial charge in [-0.25, -0.2) is 0 Å². The van der Waals surface area contributed by atoms with Crippen LogP contribution in [0.15, 0.2) is 24.3 Å². The third kappa shape index (κ3) is 3.88. The minimum atomic E-state index is -4.63. The van der Waals surface area contributed by atoms with Gasteiger partial charge >= 0.3 is 6.36 Å². The molecule has 1 N–H and O–H groups in total. The van der Waals surface area contributed by atoms with E-state index in [-0.39, 0.29) is 11.7 Å².